The Hall–Kier alpha value is -0.850. The van der Waals surface area contributed by atoms with Crippen LogP contribution < -0.4 is 4.74 Å². The summed E-state index contributed by atoms with van der Waals surface area (Å²) in [5.41, 5.74) is 2.71. The van der Waals surface area contributed by atoms with E-state index in [1.165, 1.54) is 0 Å². The summed E-state index contributed by atoms with van der Waals surface area (Å²) in [5.74, 6) is 0.674. The molecule has 0 aliphatic rings. The first-order valence-corrected chi connectivity index (χ1v) is 8.34. The Morgan fingerprint density at radius 3 is 2.71 bits per heavy atom. The number of halogens is 2. The molecular weight excluding hydrogens is 400 g/mol. The van der Waals surface area contributed by atoms with Crippen LogP contribution in [-0.4, -0.2) is 14.9 Å². The van der Waals surface area contributed by atoms with Gasteiger partial charge in [-0.1, -0.05) is 22.0 Å². The first-order chi connectivity index (χ1) is 9.93. The van der Waals surface area contributed by atoms with Gasteiger partial charge in [0, 0.05) is 16.6 Å². The average Bonchev–Trinajstić information content (AvgIpc) is 2.71. The first-order valence-electron chi connectivity index (χ1n) is 6.76. The van der Waals surface area contributed by atoms with Gasteiger partial charge in [-0.15, -0.1) is 0 Å². The molecule has 0 aliphatic carbocycles. The Bertz CT molecular complexity index is 639. The van der Waals surface area contributed by atoms with Crippen LogP contribution in [0.3, 0.4) is 0 Å². The third kappa shape index (κ3) is 3.67. The minimum absolute atomic E-state index is 0.394. The molecule has 1 N–H and O–H groups in total. The molecule has 0 bridgehead atoms. The highest BCUT2D eigenvalue weighted by molar-refractivity contribution is 9.10. The number of hydrogen-bond acceptors (Lipinski definition) is 3. The average molecular weight is 418 g/mol. The summed E-state index contributed by atoms with van der Waals surface area (Å²) in [7, 11) is 0. The number of hydrogen-bond donors (Lipinski definition) is 1. The molecule has 1 aromatic heterocycles. The summed E-state index contributed by atoms with van der Waals surface area (Å²) in [6.45, 7) is 6.91. The van der Waals surface area contributed by atoms with Crippen LogP contribution in [0, 0.1) is 6.92 Å². The number of aliphatic hydroxyl groups is 1. The fourth-order valence-electron chi connectivity index (χ4n) is 2.13. The number of rotatable bonds is 5. The molecule has 1 unspecified atom stereocenters. The lowest BCUT2D eigenvalue weighted by Crippen LogP contribution is -2.08. The standard InChI is InChI=1S/C15H18Br2N2O2/c1-4-19-13(15(17)9(2)18-19)8-21-14-7-11(16)5-6-12(14)10(3)20/h5-7,10,20H,4,8H2,1-3H3. The highest BCUT2D eigenvalue weighted by atomic mass is 79.9. The Balaban J connectivity index is 2.26. The number of aryl methyl sites for hydroxylation is 2. The second-order valence-corrected chi connectivity index (χ2v) is 6.52. The van der Waals surface area contributed by atoms with Crippen molar-refractivity contribution in [3.05, 3.63) is 44.1 Å². The van der Waals surface area contributed by atoms with Crippen molar-refractivity contribution < 1.29 is 9.84 Å². The third-order valence-electron chi connectivity index (χ3n) is 3.24. The van der Waals surface area contributed by atoms with Crippen molar-refractivity contribution in [2.24, 2.45) is 0 Å². The second kappa shape index (κ2) is 6.94. The maximum atomic E-state index is 9.83. The number of benzene rings is 1. The van der Waals surface area contributed by atoms with E-state index in [9.17, 15) is 5.11 Å². The summed E-state index contributed by atoms with van der Waals surface area (Å²) in [6, 6.07) is 5.63. The molecule has 2 rings (SSSR count). The highest BCUT2D eigenvalue weighted by Crippen LogP contribution is 2.30. The molecule has 6 heteroatoms. The van der Waals surface area contributed by atoms with Crippen LogP contribution >= 0.6 is 31.9 Å². The second-order valence-electron chi connectivity index (χ2n) is 4.81. The topological polar surface area (TPSA) is 47.3 Å². The minimum atomic E-state index is -0.575. The Morgan fingerprint density at radius 2 is 2.10 bits per heavy atom. The third-order valence-corrected chi connectivity index (χ3v) is 4.77. The van der Waals surface area contributed by atoms with Crippen LogP contribution in [0.5, 0.6) is 5.75 Å². The van der Waals surface area contributed by atoms with Gasteiger partial charge in [0.05, 0.1) is 22.0 Å². The molecule has 0 saturated heterocycles. The molecule has 1 atom stereocenters. The lowest BCUT2D eigenvalue weighted by Gasteiger charge is -2.14. The van der Waals surface area contributed by atoms with Crippen LogP contribution in [0.2, 0.25) is 0 Å². The molecule has 0 amide bonds. The van der Waals surface area contributed by atoms with Crippen molar-refractivity contribution >= 4 is 31.9 Å². The van der Waals surface area contributed by atoms with Gasteiger partial charge in [-0.05, 0) is 48.8 Å². The lowest BCUT2D eigenvalue weighted by molar-refractivity contribution is 0.189. The van der Waals surface area contributed by atoms with Crippen molar-refractivity contribution in [1.29, 1.82) is 0 Å². The lowest BCUT2D eigenvalue weighted by atomic mass is 10.1. The highest BCUT2D eigenvalue weighted by Gasteiger charge is 2.15. The van der Waals surface area contributed by atoms with E-state index in [-0.39, 0.29) is 0 Å². The zero-order valence-corrected chi connectivity index (χ0v) is 15.4. The number of aromatic nitrogens is 2. The van der Waals surface area contributed by atoms with Gasteiger partial charge in [0.1, 0.15) is 12.4 Å². The Labute approximate surface area is 141 Å². The van der Waals surface area contributed by atoms with E-state index in [0.717, 1.165) is 32.4 Å². The molecular formula is C15H18Br2N2O2. The Morgan fingerprint density at radius 1 is 1.38 bits per heavy atom. The van der Waals surface area contributed by atoms with Gasteiger partial charge >= 0.3 is 0 Å². The Kier molecular flexibility index (Phi) is 5.46. The van der Waals surface area contributed by atoms with E-state index < -0.39 is 6.10 Å². The predicted molar refractivity (Wildman–Crippen MR) is 89.4 cm³/mol. The molecule has 0 aliphatic heterocycles. The van der Waals surface area contributed by atoms with Gasteiger partial charge in [0.15, 0.2) is 0 Å². The first kappa shape index (κ1) is 16.5. The molecule has 1 aromatic carbocycles. The molecule has 1 heterocycles. The van der Waals surface area contributed by atoms with Crippen LogP contribution in [0.1, 0.15) is 36.9 Å². The van der Waals surface area contributed by atoms with Crippen molar-refractivity contribution in [2.45, 2.75) is 40.0 Å². The number of aliphatic hydroxyl groups excluding tert-OH is 1. The van der Waals surface area contributed by atoms with Gasteiger partial charge < -0.3 is 9.84 Å². The molecule has 0 fully saturated rings. The quantitative estimate of drug-likeness (QED) is 0.785. The summed E-state index contributed by atoms with van der Waals surface area (Å²) in [5, 5.41) is 14.3. The normalized spacial score (nSPS) is 12.5. The molecule has 0 radical (unpaired) electrons. The van der Waals surface area contributed by atoms with E-state index in [2.05, 4.69) is 37.0 Å². The van der Waals surface area contributed by atoms with Gasteiger partial charge in [-0.25, -0.2) is 0 Å². The van der Waals surface area contributed by atoms with Crippen molar-refractivity contribution in [2.75, 3.05) is 0 Å². The zero-order valence-electron chi connectivity index (χ0n) is 12.2. The minimum Gasteiger partial charge on any atom is -0.487 e. The molecule has 4 nitrogen and oxygen atoms in total. The molecule has 0 saturated carbocycles. The fourth-order valence-corrected chi connectivity index (χ4v) is 2.87. The van der Waals surface area contributed by atoms with Crippen molar-refractivity contribution in [3.8, 4) is 5.75 Å². The maximum absolute atomic E-state index is 9.83. The van der Waals surface area contributed by atoms with Crippen LogP contribution in [0.15, 0.2) is 27.1 Å². The van der Waals surface area contributed by atoms with Crippen molar-refractivity contribution in [3.63, 3.8) is 0 Å². The SMILES string of the molecule is CCn1nc(C)c(Br)c1COc1cc(Br)ccc1C(C)O. The van der Waals surface area contributed by atoms with Crippen molar-refractivity contribution in [1.82, 2.24) is 9.78 Å². The summed E-state index contributed by atoms with van der Waals surface area (Å²) >= 11 is 6.99. The molecule has 2 aromatic rings. The molecule has 114 valence electrons. The van der Waals surface area contributed by atoms with Crippen LogP contribution in [0.25, 0.3) is 0 Å². The monoisotopic (exact) mass is 416 g/mol. The molecule has 0 spiro atoms. The number of ether oxygens (including phenoxy) is 1. The largest absolute Gasteiger partial charge is 0.487 e. The van der Waals surface area contributed by atoms with E-state index in [1.807, 2.05) is 36.7 Å². The summed E-state index contributed by atoms with van der Waals surface area (Å²) < 4.78 is 9.73. The maximum Gasteiger partial charge on any atom is 0.131 e. The summed E-state index contributed by atoms with van der Waals surface area (Å²) in [6.07, 6.45) is -0.575. The van der Waals surface area contributed by atoms with Gasteiger partial charge in [0.2, 0.25) is 0 Å². The van der Waals surface area contributed by atoms with Crippen LogP contribution in [-0.2, 0) is 13.2 Å². The smallest absolute Gasteiger partial charge is 0.131 e. The molecule has 21 heavy (non-hydrogen) atoms. The van der Waals surface area contributed by atoms with E-state index in [1.54, 1.807) is 6.92 Å². The van der Waals surface area contributed by atoms with E-state index >= 15 is 0 Å². The number of nitrogens with zero attached hydrogens (tertiary/aromatic N) is 2. The zero-order chi connectivity index (χ0) is 15.6. The predicted octanol–water partition coefficient (Wildman–Crippen LogP) is 4.37. The van der Waals surface area contributed by atoms with Crippen LogP contribution in [0.4, 0.5) is 0 Å². The fraction of sp³-hybridized carbons (Fsp3) is 0.400. The van der Waals surface area contributed by atoms with Gasteiger partial charge in [-0.2, -0.15) is 5.10 Å². The van der Waals surface area contributed by atoms with Gasteiger partial charge in [0.25, 0.3) is 0 Å². The summed E-state index contributed by atoms with van der Waals surface area (Å²) in [4.78, 5) is 0. The van der Waals surface area contributed by atoms with Gasteiger partial charge in [-0.3, -0.25) is 4.68 Å². The van der Waals surface area contributed by atoms with E-state index in [4.69, 9.17) is 4.74 Å². The van der Waals surface area contributed by atoms with E-state index in [0.29, 0.717) is 12.4 Å².